The van der Waals surface area contributed by atoms with Crippen LogP contribution in [-0.2, 0) is 0 Å². The van der Waals surface area contributed by atoms with Crippen molar-refractivity contribution < 1.29 is 0 Å². The standard InChI is InChI=1S/C69H44N8/c1-3-20-43(21-4-1)67-70-68(72-69(71-67)77-60-36-17-11-30-51(60)54-39-38-53-50-29-9-15-34-58(50)75(65(53)66(54)77)44-22-5-2-6-23-44)76-59-35-16-10-28-49(59)52-40-41-62-63(64(52)76)55-31-12-18-37-61(55)74(62)46-25-19-24-45(42-46)73-56-32-13-7-26-47(56)48-27-8-14-33-57(48)73/h1-42,51,60H. The molecule has 0 saturated carbocycles. The zero-order valence-electron chi connectivity index (χ0n) is 41.5. The largest absolute Gasteiger partial charge is 0.309 e. The number of allylic oxidation sites excluding steroid dienone is 2. The molecule has 1 aliphatic heterocycles. The summed E-state index contributed by atoms with van der Waals surface area (Å²) in [4.78, 5) is 19.3. The average Bonchev–Trinajstić information content (AvgIpc) is 4.46. The first-order valence-corrected chi connectivity index (χ1v) is 26.4. The molecule has 1 aliphatic carbocycles. The molecule has 17 rings (SSSR count). The second kappa shape index (κ2) is 16.1. The number of benzene rings is 10. The molecular formula is C69H44N8. The van der Waals surface area contributed by atoms with Crippen molar-refractivity contribution in [2.24, 2.45) is 0 Å². The molecule has 15 aromatic rings. The first-order chi connectivity index (χ1) is 38.2. The van der Waals surface area contributed by atoms with Gasteiger partial charge in [0.25, 0.3) is 0 Å². The number of anilines is 2. The highest BCUT2D eigenvalue weighted by molar-refractivity contribution is 6.26. The van der Waals surface area contributed by atoms with E-state index in [-0.39, 0.29) is 12.0 Å². The van der Waals surface area contributed by atoms with E-state index in [1.807, 2.05) is 6.07 Å². The molecule has 2 aliphatic rings. The van der Waals surface area contributed by atoms with Crippen LogP contribution in [0.1, 0.15) is 11.5 Å². The molecule has 8 nitrogen and oxygen atoms in total. The van der Waals surface area contributed by atoms with Crippen molar-refractivity contribution in [2.75, 3.05) is 4.90 Å². The van der Waals surface area contributed by atoms with Crippen LogP contribution in [0.25, 0.3) is 122 Å². The Labute approximate surface area is 441 Å². The molecule has 0 saturated heterocycles. The Morgan fingerprint density at radius 1 is 0.325 bits per heavy atom. The number of fused-ring (bicyclic) bond motifs is 17. The predicted octanol–water partition coefficient (Wildman–Crippen LogP) is 16.7. The fourth-order valence-electron chi connectivity index (χ4n) is 13.2. The van der Waals surface area contributed by atoms with Crippen LogP contribution in [0.15, 0.2) is 255 Å². The maximum Gasteiger partial charge on any atom is 0.240 e. The van der Waals surface area contributed by atoms with Crippen LogP contribution in [0.3, 0.4) is 0 Å². The van der Waals surface area contributed by atoms with E-state index in [9.17, 15) is 0 Å². The number of hydrogen-bond donors (Lipinski definition) is 0. The van der Waals surface area contributed by atoms with Crippen LogP contribution in [0.2, 0.25) is 0 Å². The highest BCUT2D eigenvalue weighted by Crippen LogP contribution is 2.53. The van der Waals surface area contributed by atoms with Gasteiger partial charge >= 0.3 is 0 Å². The van der Waals surface area contributed by atoms with E-state index in [4.69, 9.17) is 15.0 Å². The van der Waals surface area contributed by atoms with Gasteiger partial charge < -0.3 is 18.6 Å². The minimum absolute atomic E-state index is 0.0643. The number of aromatic nitrogens is 7. The van der Waals surface area contributed by atoms with Crippen molar-refractivity contribution in [1.82, 2.24) is 33.2 Å². The van der Waals surface area contributed by atoms with E-state index < -0.39 is 0 Å². The van der Waals surface area contributed by atoms with E-state index in [1.165, 1.54) is 38.1 Å². The maximum absolute atomic E-state index is 5.77. The van der Waals surface area contributed by atoms with Gasteiger partial charge in [0.2, 0.25) is 11.9 Å². The minimum atomic E-state index is -0.0946. The first kappa shape index (κ1) is 42.1. The summed E-state index contributed by atoms with van der Waals surface area (Å²) in [6.07, 6.45) is 9.00. The average molecular weight is 985 g/mol. The lowest BCUT2D eigenvalue weighted by Gasteiger charge is -2.28. The lowest BCUT2D eigenvalue weighted by atomic mass is 9.91. The summed E-state index contributed by atoms with van der Waals surface area (Å²) in [5.41, 5.74) is 15.4. The second-order valence-electron chi connectivity index (χ2n) is 20.3. The second-order valence-corrected chi connectivity index (χ2v) is 20.3. The van der Waals surface area contributed by atoms with Crippen molar-refractivity contribution in [2.45, 2.75) is 12.0 Å². The molecule has 10 aromatic carbocycles. The summed E-state index contributed by atoms with van der Waals surface area (Å²) in [6.45, 7) is 0. The SMILES string of the molecule is C1=CC2c3ccc4c5ccccc5n(-c5ccccc5)c4c3N(c3nc(-c4ccccc4)nc(-n4c5ccccc5c5ccc6c(c7ccccc7n6-c6cccc(-n7c8ccccc8c8ccccc87)c6)c54)n3)C2C=C1. The van der Waals surface area contributed by atoms with Gasteiger partial charge in [-0.25, -0.2) is 0 Å². The van der Waals surface area contributed by atoms with Crippen LogP contribution in [0.4, 0.5) is 11.6 Å². The summed E-state index contributed by atoms with van der Waals surface area (Å²) >= 11 is 0. The van der Waals surface area contributed by atoms with Crippen LogP contribution >= 0.6 is 0 Å². The molecule has 6 heterocycles. The molecule has 0 bridgehead atoms. The lowest BCUT2D eigenvalue weighted by molar-refractivity contribution is 0.725. The summed E-state index contributed by atoms with van der Waals surface area (Å²) in [6, 6.07) is 82.9. The Morgan fingerprint density at radius 3 is 1.49 bits per heavy atom. The van der Waals surface area contributed by atoms with Gasteiger partial charge in [-0.1, -0.05) is 188 Å². The van der Waals surface area contributed by atoms with E-state index in [2.05, 4.69) is 272 Å². The summed E-state index contributed by atoms with van der Waals surface area (Å²) in [5.74, 6) is 1.80. The van der Waals surface area contributed by atoms with Crippen molar-refractivity contribution in [3.8, 4) is 34.4 Å². The third-order valence-corrected chi connectivity index (χ3v) is 16.3. The number of nitrogens with zero attached hydrogens (tertiary/aromatic N) is 8. The van der Waals surface area contributed by atoms with Gasteiger partial charge in [-0.05, 0) is 72.3 Å². The minimum Gasteiger partial charge on any atom is -0.309 e. The fraction of sp³-hybridized carbons (Fsp3) is 0.0290. The number of rotatable bonds is 6. The smallest absolute Gasteiger partial charge is 0.240 e. The molecule has 0 amide bonds. The predicted molar refractivity (Wildman–Crippen MR) is 316 cm³/mol. The van der Waals surface area contributed by atoms with Gasteiger partial charge in [-0.2, -0.15) is 15.0 Å². The van der Waals surface area contributed by atoms with E-state index in [0.29, 0.717) is 17.7 Å². The quantitative estimate of drug-likeness (QED) is 0.167. The first-order valence-electron chi connectivity index (χ1n) is 26.4. The van der Waals surface area contributed by atoms with Crippen LogP contribution in [0, 0.1) is 0 Å². The normalized spacial score (nSPS) is 15.1. The highest BCUT2D eigenvalue weighted by Gasteiger charge is 2.42. The summed E-state index contributed by atoms with van der Waals surface area (Å²) in [5, 5.41) is 9.37. The molecule has 0 spiro atoms. The molecular weight excluding hydrogens is 941 g/mol. The van der Waals surface area contributed by atoms with E-state index in [0.717, 1.165) is 83.0 Å². The zero-order valence-corrected chi connectivity index (χ0v) is 41.5. The molecule has 360 valence electrons. The van der Waals surface area contributed by atoms with Crippen molar-refractivity contribution in [3.05, 3.63) is 260 Å². The third kappa shape index (κ3) is 5.95. The maximum atomic E-state index is 5.77. The highest BCUT2D eigenvalue weighted by atomic mass is 15.3. The van der Waals surface area contributed by atoms with Crippen LogP contribution < -0.4 is 4.90 Å². The van der Waals surface area contributed by atoms with Crippen LogP contribution in [-0.4, -0.2) is 39.3 Å². The van der Waals surface area contributed by atoms with Gasteiger partial charge in [-0.15, -0.1) is 0 Å². The molecule has 2 atom stereocenters. The third-order valence-electron chi connectivity index (χ3n) is 16.3. The molecule has 0 N–H and O–H groups in total. The molecule has 5 aromatic heterocycles. The van der Waals surface area contributed by atoms with Gasteiger partial charge in [0.05, 0.1) is 55.9 Å². The van der Waals surface area contributed by atoms with Crippen LogP contribution in [0.5, 0.6) is 0 Å². The van der Waals surface area contributed by atoms with Crippen molar-refractivity contribution in [3.63, 3.8) is 0 Å². The van der Waals surface area contributed by atoms with Gasteiger partial charge in [0, 0.05) is 71.6 Å². The van der Waals surface area contributed by atoms with Crippen molar-refractivity contribution in [1.29, 1.82) is 0 Å². The van der Waals surface area contributed by atoms with Gasteiger partial charge in [0.1, 0.15) is 0 Å². The van der Waals surface area contributed by atoms with Gasteiger partial charge in [0.15, 0.2) is 5.82 Å². The Bertz CT molecular complexity index is 4960. The lowest BCUT2D eigenvalue weighted by Crippen LogP contribution is -2.31. The Kier molecular flexibility index (Phi) is 8.80. The summed E-state index contributed by atoms with van der Waals surface area (Å²) in [7, 11) is 0. The monoisotopic (exact) mass is 984 g/mol. The Balaban J connectivity index is 0.948. The molecule has 0 fully saturated rings. The fourth-order valence-corrected chi connectivity index (χ4v) is 13.2. The Hall–Kier alpha value is -10.3. The zero-order chi connectivity index (χ0) is 50.3. The number of hydrogen-bond acceptors (Lipinski definition) is 4. The summed E-state index contributed by atoms with van der Waals surface area (Å²) < 4.78 is 9.56. The molecule has 77 heavy (non-hydrogen) atoms. The van der Waals surface area contributed by atoms with E-state index in [1.54, 1.807) is 0 Å². The topological polar surface area (TPSA) is 61.6 Å². The molecule has 8 heteroatoms. The molecule has 2 unspecified atom stereocenters. The number of para-hydroxylation sites is 6. The Morgan fingerprint density at radius 2 is 0.818 bits per heavy atom. The molecule has 0 radical (unpaired) electrons. The van der Waals surface area contributed by atoms with E-state index >= 15 is 0 Å². The van der Waals surface area contributed by atoms with Gasteiger partial charge in [-0.3, -0.25) is 4.57 Å². The van der Waals surface area contributed by atoms with Crippen molar-refractivity contribution >= 4 is 98.9 Å².